The average Bonchev–Trinajstić information content (AvgIpc) is 2.64. The first-order valence-corrected chi connectivity index (χ1v) is 3.71. The second kappa shape index (κ2) is 2.39. The first-order chi connectivity index (χ1) is 5.34. The van der Waals surface area contributed by atoms with Crippen LogP contribution in [-0.2, 0) is 4.79 Å². The molecular formula is C7H11F2NO2. The van der Waals surface area contributed by atoms with Gasteiger partial charge in [-0.3, -0.25) is 0 Å². The van der Waals surface area contributed by atoms with Crippen molar-refractivity contribution in [1.29, 1.82) is 0 Å². The van der Waals surface area contributed by atoms with Gasteiger partial charge in [-0.25, -0.2) is 4.79 Å². The summed E-state index contributed by atoms with van der Waals surface area (Å²) in [6, 6.07) is -0.774. The summed E-state index contributed by atoms with van der Waals surface area (Å²) in [5.74, 6) is -5.75. The first kappa shape index (κ1) is 9.38. The molecule has 1 aliphatic rings. The van der Waals surface area contributed by atoms with Crippen molar-refractivity contribution in [2.24, 2.45) is 11.1 Å². The Morgan fingerprint density at radius 1 is 1.67 bits per heavy atom. The van der Waals surface area contributed by atoms with Crippen LogP contribution in [-0.4, -0.2) is 23.0 Å². The molecule has 0 heterocycles. The van der Waals surface area contributed by atoms with Gasteiger partial charge in [-0.2, -0.15) is 8.78 Å². The van der Waals surface area contributed by atoms with Gasteiger partial charge in [-0.05, 0) is 19.8 Å². The molecule has 3 nitrogen and oxygen atoms in total. The fraction of sp³-hybridized carbons (Fsp3) is 0.857. The van der Waals surface area contributed by atoms with Gasteiger partial charge in [0.15, 0.2) is 0 Å². The summed E-state index contributed by atoms with van der Waals surface area (Å²) in [6.07, 6.45) is 0.397. The average molecular weight is 179 g/mol. The molecule has 1 aliphatic carbocycles. The van der Waals surface area contributed by atoms with Gasteiger partial charge in [0.2, 0.25) is 0 Å². The van der Waals surface area contributed by atoms with Gasteiger partial charge >= 0.3 is 11.9 Å². The third kappa shape index (κ3) is 0.998. The molecule has 0 radical (unpaired) electrons. The quantitative estimate of drug-likeness (QED) is 0.674. The Bertz CT molecular complexity index is 211. The van der Waals surface area contributed by atoms with Gasteiger partial charge in [0.1, 0.15) is 0 Å². The van der Waals surface area contributed by atoms with E-state index in [-0.39, 0.29) is 12.8 Å². The largest absolute Gasteiger partial charge is 0.477 e. The van der Waals surface area contributed by atoms with Crippen LogP contribution in [0.15, 0.2) is 0 Å². The molecule has 0 amide bonds. The molecule has 0 spiro atoms. The number of aliphatic carboxylic acids is 1. The van der Waals surface area contributed by atoms with Crippen molar-refractivity contribution in [1.82, 2.24) is 0 Å². The van der Waals surface area contributed by atoms with E-state index in [0.717, 1.165) is 0 Å². The number of carboxylic acid groups (broad SMARTS) is 1. The Balaban J connectivity index is 2.88. The third-order valence-electron chi connectivity index (χ3n) is 2.55. The molecule has 5 heteroatoms. The Morgan fingerprint density at radius 2 is 2.08 bits per heavy atom. The zero-order valence-corrected chi connectivity index (χ0v) is 6.68. The summed E-state index contributed by atoms with van der Waals surface area (Å²) in [5.41, 5.74) is 3.83. The Hall–Kier alpha value is -0.710. The fourth-order valence-electron chi connectivity index (χ4n) is 1.40. The van der Waals surface area contributed by atoms with Crippen molar-refractivity contribution in [2.75, 3.05) is 0 Å². The summed E-state index contributed by atoms with van der Waals surface area (Å²) >= 11 is 0. The minimum absolute atomic E-state index is 0.198. The molecule has 0 aromatic carbocycles. The fourth-order valence-corrected chi connectivity index (χ4v) is 1.40. The van der Waals surface area contributed by atoms with Crippen LogP contribution >= 0.6 is 0 Å². The molecule has 0 aromatic rings. The second-order valence-corrected chi connectivity index (χ2v) is 3.32. The van der Waals surface area contributed by atoms with Crippen molar-refractivity contribution >= 4 is 5.97 Å². The maximum Gasteiger partial charge on any atom is 0.375 e. The molecule has 0 aliphatic heterocycles. The van der Waals surface area contributed by atoms with Crippen LogP contribution < -0.4 is 5.73 Å². The lowest BCUT2D eigenvalue weighted by Crippen LogP contribution is -2.47. The van der Waals surface area contributed by atoms with E-state index in [1.165, 1.54) is 6.92 Å². The van der Waals surface area contributed by atoms with Gasteiger partial charge in [0.25, 0.3) is 0 Å². The second-order valence-electron chi connectivity index (χ2n) is 3.32. The lowest BCUT2D eigenvalue weighted by molar-refractivity contribution is -0.177. The summed E-state index contributed by atoms with van der Waals surface area (Å²) in [6.45, 7) is 1.42. The van der Waals surface area contributed by atoms with Crippen molar-refractivity contribution < 1.29 is 18.7 Å². The highest BCUT2D eigenvalue weighted by Gasteiger charge is 2.68. The maximum atomic E-state index is 13.0. The van der Waals surface area contributed by atoms with E-state index in [1.807, 2.05) is 0 Å². The molecule has 1 saturated carbocycles. The molecule has 0 bridgehead atoms. The number of hydrogen-bond acceptors (Lipinski definition) is 2. The van der Waals surface area contributed by atoms with E-state index in [4.69, 9.17) is 10.8 Å². The molecule has 12 heavy (non-hydrogen) atoms. The Kier molecular flexibility index (Phi) is 1.87. The molecule has 3 N–H and O–H groups in total. The summed E-state index contributed by atoms with van der Waals surface area (Å²) in [7, 11) is 0. The zero-order valence-electron chi connectivity index (χ0n) is 6.68. The van der Waals surface area contributed by atoms with Crippen LogP contribution in [0.5, 0.6) is 0 Å². The smallest absolute Gasteiger partial charge is 0.375 e. The maximum absolute atomic E-state index is 13.0. The van der Waals surface area contributed by atoms with Gasteiger partial charge in [-0.15, -0.1) is 0 Å². The van der Waals surface area contributed by atoms with Crippen LogP contribution in [0, 0.1) is 5.41 Å². The highest BCUT2D eigenvalue weighted by atomic mass is 19.3. The predicted octanol–water partition coefficient (Wildman–Crippen LogP) is 0.834. The van der Waals surface area contributed by atoms with Gasteiger partial charge in [0, 0.05) is 6.04 Å². The van der Waals surface area contributed by atoms with Crippen molar-refractivity contribution in [3.8, 4) is 0 Å². The minimum atomic E-state index is -3.68. The van der Waals surface area contributed by atoms with Crippen LogP contribution in [0.2, 0.25) is 0 Å². The van der Waals surface area contributed by atoms with Crippen molar-refractivity contribution in [3.63, 3.8) is 0 Å². The lowest BCUT2D eigenvalue weighted by atomic mass is 9.91. The van der Waals surface area contributed by atoms with E-state index in [2.05, 4.69) is 0 Å². The number of alkyl halides is 2. The first-order valence-electron chi connectivity index (χ1n) is 3.71. The van der Waals surface area contributed by atoms with Crippen LogP contribution in [0.1, 0.15) is 19.8 Å². The third-order valence-corrected chi connectivity index (χ3v) is 2.55. The van der Waals surface area contributed by atoms with Gasteiger partial charge in [-0.1, -0.05) is 0 Å². The van der Waals surface area contributed by atoms with Crippen LogP contribution in [0.25, 0.3) is 0 Å². The molecule has 0 saturated heterocycles. The molecular weight excluding hydrogens is 168 g/mol. The van der Waals surface area contributed by atoms with E-state index >= 15 is 0 Å². The highest BCUT2D eigenvalue weighted by molar-refractivity contribution is 5.77. The number of halogens is 2. The molecule has 0 unspecified atom stereocenters. The number of carbonyl (C=O) groups is 1. The standard InChI is InChI=1S/C7H11F2NO2/c1-4(10)6(2-3-6)7(8,9)5(11)12/h4H,2-3,10H2,1H3,(H,11,12)/t4-/m0/s1. The zero-order chi connectivity index (χ0) is 9.57. The Labute approximate surface area is 68.5 Å². The van der Waals surface area contributed by atoms with Gasteiger partial charge in [0.05, 0.1) is 5.41 Å². The predicted molar refractivity (Wildman–Crippen MR) is 37.9 cm³/mol. The SMILES string of the molecule is C[C@H](N)C1(C(F)(F)C(=O)O)CC1. The normalized spacial score (nSPS) is 23.3. The molecule has 1 fully saturated rings. The summed E-state index contributed by atoms with van der Waals surface area (Å²) in [4.78, 5) is 10.2. The number of carboxylic acids is 1. The van der Waals surface area contributed by atoms with E-state index in [9.17, 15) is 13.6 Å². The lowest BCUT2D eigenvalue weighted by Gasteiger charge is -2.25. The van der Waals surface area contributed by atoms with E-state index in [1.54, 1.807) is 0 Å². The van der Waals surface area contributed by atoms with Gasteiger partial charge < -0.3 is 10.8 Å². The topological polar surface area (TPSA) is 63.3 Å². The number of nitrogens with two attached hydrogens (primary N) is 1. The highest BCUT2D eigenvalue weighted by Crippen LogP contribution is 2.58. The minimum Gasteiger partial charge on any atom is -0.477 e. The van der Waals surface area contributed by atoms with Crippen molar-refractivity contribution in [2.45, 2.75) is 31.7 Å². The summed E-state index contributed by atoms with van der Waals surface area (Å²) < 4.78 is 25.9. The van der Waals surface area contributed by atoms with Crippen molar-refractivity contribution in [3.05, 3.63) is 0 Å². The molecule has 1 rings (SSSR count). The van der Waals surface area contributed by atoms with E-state index < -0.39 is 23.3 Å². The molecule has 1 atom stereocenters. The number of rotatable bonds is 3. The monoisotopic (exact) mass is 179 g/mol. The molecule has 70 valence electrons. The van der Waals surface area contributed by atoms with Crippen LogP contribution in [0.4, 0.5) is 8.78 Å². The van der Waals surface area contributed by atoms with Crippen LogP contribution in [0.3, 0.4) is 0 Å². The Morgan fingerprint density at radius 3 is 2.17 bits per heavy atom. The summed E-state index contributed by atoms with van der Waals surface area (Å²) in [5, 5.41) is 8.26. The molecule has 0 aromatic heterocycles. The number of hydrogen-bond donors (Lipinski definition) is 2. The van der Waals surface area contributed by atoms with E-state index in [0.29, 0.717) is 0 Å².